The van der Waals surface area contributed by atoms with Crippen molar-refractivity contribution in [2.24, 2.45) is 0 Å². The minimum Gasteiger partial charge on any atom is -0.496 e. The van der Waals surface area contributed by atoms with E-state index >= 15 is 0 Å². The van der Waals surface area contributed by atoms with Crippen LogP contribution in [-0.2, 0) is 11.3 Å². The van der Waals surface area contributed by atoms with Crippen LogP contribution in [0.15, 0.2) is 57.3 Å². The summed E-state index contributed by atoms with van der Waals surface area (Å²) in [6.07, 6.45) is 8.11. The molecule has 0 unspecified atom stereocenters. The van der Waals surface area contributed by atoms with Crippen LogP contribution in [0.1, 0.15) is 50.0 Å². The number of carbonyl (C=O) groups is 1. The van der Waals surface area contributed by atoms with Crippen molar-refractivity contribution in [1.82, 2.24) is 10.2 Å². The minimum absolute atomic E-state index is 0.0388. The van der Waals surface area contributed by atoms with Crippen molar-refractivity contribution >= 4 is 21.8 Å². The van der Waals surface area contributed by atoms with E-state index in [1.165, 1.54) is 6.42 Å². The lowest BCUT2D eigenvalue weighted by molar-refractivity contribution is -0.129. The molecule has 5 nitrogen and oxygen atoms in total. The maximum Gasteiger partial charge on any atom is 0.241 e. The second-order valence-electron chi connectivity index (χ2n) is 7.00. The maximum absolute atomic E-state index is 13.0. The summed E-state index contributed by atoms with van der Waals surface area (Å²) < 4.78 is 11.7. The van der Waals surface area contributed by atoms with Gasteiger partial charge < -0.3 is 19.4 Å². The van der Waals surface area contributed by atoms with E-state index in [0.717, 1.165) is 46.5 Å². The highest BCUT2D eigenvalue weighted by atomic mass is 79.9. The van der Waals surface area contributed by atoms with Gasteiger partial charge in [-0.3, -0.25) is 4.79 Å². The molecule has 0 saturated carbocycles. The van der Waals surface area contributed by atoms with E-state index in [2.05, 4.69) is 34.2 Å². The molecule has 1 aromatic heterocycles. The van der Waals surface area contributed by atoms with E-state index in [-0.39, 0.29) is 18.5 Å². The van der Waals surface area contributed by atoms with Crippen LogP contribution < -0.4 is 10.1 Å². The number of hydrogen-bond acceptors (Lipinski definition) is 4. The maximum atomic E-state index is 13.0. The van der Waals surface area contributed by atoms with E-state index in [4.69, 9.17) is 9.15 Å². The third kappa shape index (κ3) is 5.26. The Morgan fingerprint density at radius 2 is 2.21 bits per heavy atom. The topological polar surface area (TPSA) is 54.7 Å². The van der Waals surface area contributed by atoms with Gasteiger partial charge in [0.25, 0.3) is 0 Å². The molecular weight excluding hydrogens is 420 g/mol. The number of methoxy groups -OCH3 is 1. The highest BCUT2D eigenvalue weighted by molar-refractivity contribution is 9.10. The lowest BCUT2D eigenvalue weighted by atomic mass is 10.0. The van der Waals surface area contributed by atoms with Crippen LogP contribution in [0.3, 0.4) is 0 Å². The number of furan rings is 1. The molecule has 0 aliphatic heterocycles. The quantitative estimate of drug-likeness (QED) is 0.606. The van der Waals surface area contributed by atoms with Gasteiger partial charge in [-0.2, -0.15) is 0 Å². The van der Waals surface area contributed by atoms with Crippen molar-refractivity contribution in [2.75, 3.05) is 13.7 Å². The number of nitrogens with one attached hydrogen (secondary N) is 1. The largest absolute Gasteiger partial charge is 0.496 e. The summed E-state index contributed by atoms with van der Waals surface area (Å²) in [6, 6.07) is 9.76. The number of halogens is 1. The molecule has 150 valence electrons. The second-order valence-corrected chi connectivity index (χ2v) is 7.85. The molecule has 1 N–H and O–H groups in total. The Labute approximate surface area is 174 Å². The number of benzene rings is 1. The van der Waals surface area contributed by atoms with Crippen molar-refractivity contribution < 1.29 is 13.9 Å². The lowest BCUT2D eigenvalue weighted by Crippen LogP contribution is -2.38. The Hall–Kier alpha value is -2.05. The molecule has 6 heteroatoms. The van der Waals surface area contributed by atoms with E-state index in [0.29, 0.717) is 6.54 Å². The number of carbonyl (C=O) groups excluding carboxylic acids is 1. The van der Waals surface area contributed by atoms with E-state index in [1.54, 1.807) is 13.4 Å². The van der Waals surface area contributed by atoms with Crippen molar-refractivity contribution in [2.45, 2.75) is 45.2 Å². The Balaban J connectivity index is 1.65. The van der Waals surface area contributed by atoms with E-state index in [9.17, 15) is 4.79 Å². The zero-order valence-electron chi connectivity index (χ0n) is 16.4. The summed E-state index contributed by atoms with van der Waals surface area (Å²) in [5.41, 5.74) is 2.20. The molecule has 3 rings (SSSR count). The first kappa shape index (κ1) is 20.7. The van der Waals surface area contributed by atoms with Gasteiger partial charge in [0.1, 0.15) is 11.5 Å². The molecule has 1 atom stereocenters. The van der Waals surface area contributed by atoms with Crippen LogP contribution in [0, 0.1) is 0 Å². The number of allylic oxidation sites excluding steroid dienone is 2. The number of amides is 1. The number of nitrogens with zero attached hydrogens (tertiary/aromatic N) is 1. The molecule has 1 aromatic carbocycles. The predicted octanol–water partition coefficient (Wildman–Crippen LogP) is 5.19. The minimum atomic E-state index is 0.0388. The SMILES string of the molecule is COc1ccc([C@H](C)NCC(=O)N(Cc2ccco2)C2=CCCCC2)cc1Br. The van der Waals surface area contributed by atoms with Crippen LogP contribution in [0.2, 0.25) is 0 Å². The Morgan fingerprint density at radius 3 is 2.86 bits per heavy atom. The fraction of sp³-hybridized carbons (Fsp3) is 0.409. The molecule has 0 fully saturated rings. The molecule has 0 spiro atoms. The summed E-state index contributed by atoms with van der Waals surface area (Å²) in [5.74, 6) is 1.65. The molecule has 0 radical (unpaired) electrons. The third-order valence-corrected chi connectivity index (χ3v) is 5.66. The first-order valence-corrected chi connectivity index (χ1v) is 10.5. The van der Waals surface area contributed by atoms with Gasteiger partial charge in [0.05, 0.1) is 30.9 Å². The summed E-state index contributed by atoms with van der Waals surface area (Å²) in [5, 5.41) is 3.35. The molecule has 1 aliphatic rings. The summed E-state index contributed by atoms with van der Waals surface area (Å²) in [7, 11) is 1.65. The molecule has 2 aromatic rings. The Morgan fingerprint density at radius 1 is 1.36 bits per heavy atom. The molecule has 1 aliphatic carbocycles. The Bertz CT molecular complexity index is 817. The van der Waals surface area contributed by atoms with Crippen molar-refractivity contribution in [3.8, 4) is 5.75 Å². The third-order valence-electron chi connectivity index (χ3n) is 5.04. The number of ether oxygens (including phenoxy) is 1. The van der Waals surface area contributed by atoms with Crippen LogP contribution in [-0.4, -0.2) is 24.5 Å². The average molecular weight is 447 g/mol. The fourth-order valence-corrected chi connectivity index (χ4v) is 3.94. The van der Waals surface area contributed by atoms with Gasteiger partial charge in [-0.05, 0) is 78.4 Å². The van der Waals surface area contributed by atoms with Crippen LogP contribution in [0.25, 0.3) is 0 Å². The summed E-state index contributed by atoms with van der Waals surface area (Å²) >= 11 is 3.52. The molecule has 0 bridgehead atoms. The summed E-state index contributed by atoms with van der Waals surface area (Å²) in [4.78, 5) is 14.9. The second kappa shape index (κ2) is 9.94. The Kier molecular flexibility index (Phi) is 7.34. The first-order valence-electron chi connectivity index (χ1n) is 9.67. The highest BCUT2D eigenvalue weighted by Crippen LogP contribution is 2.28. The number of hydrogen-bond donors (Lipinski definition) is 1. The monoisotopic (exact) mass is 446 g/mol. The van der Waals surface area contributed by atoms with Gasteiger partial charge in [0.2, 0.25) is 5.91 Å². The van der Waals surface area contributed by atoms with Gasteiger partial charge in [0.15, 0.2) is 0 Å². The van der Waals surface area contributed by atoms with Crippen molar-refractivity contribution in [1.29, 1.82) is 0 Å². The smallest absolute Gasteiger partial charge is 0.241 e. The standard InChI is InChI=1S/C22H27BrN2O3/c1-16(17-10-11-21(27-2)20(23)13-17)24-14-22(26)25(15-19-9-6-12-28-19)18-7-4-3-5-8-18/h6-7,9-13,16,24H,3-5,8,14-15H2,1-2H3/t16-/m0/s1. The van der Waals surface area contributed by atoms with Gasteiger partial charge in [-0.25, -0.2) is 0 Å². The number of rotatable bonds is 8. The molecule has 1 amide bonds. The molecule has 1 heterocycles. The van der Waals surface area contributed by atoms with E-state index in [1.807, 2.05) is 35.2 Å². The zero-order valence-corrected chi connectivity index (χ0v) is 18.0. The van der Waals surface area contributed by atoms with Crippen LogP contribution in [0.4, 0.5) is 0 Å². The van der Waals surface area contributed by atoms with E-state index < -0.39 is 0 Å². The van der Waals surface area contributed by atoms with Gasteiger partial charge in [-0.1, -0.05) is 12.1 Å². The fourth-order valence-electron chi connectivity index (χ4n) is 3.38. The van der Waals surface area contributed by atoms with Gasteiger partial charge in [-0.15, -0.1) is 0 Å². The molecule has 0 saturated heterocycles. The zero-order chi connectivity index (χ0) is 19.9. The predicted molar refractivity (Wildman–Crippen MR) is 113 cm³/mol. The summed E-state index contributed by atoms with van der Waals surface area (Å²) in [6.45, 7) is 2.79. The van der Waals surface area contributed by atoms with Crippen molar-refractivity contribution in [3.63, 3.8) is 0 Å². The first-order chi connectivity index (χ1) is 13.6. The molecular formula is C22H27BrN2O3. The van der Waals surface area contributed by atoms with Crippen LogP contribution >= 0.6 is 15.9 Å². The highest BCUT2D eigenvalue weighted by Gasteiger charge is 2.21. The van der Waals surface area contributed by atoms with Gasteiger partial charge in [0, 0.05) is 11.7 Å². The molecule has 28 heavy (non-hydrogen) atoms. The van der Waals surface area contributed by atoms with Gasteiger partial charge >= 0.3 is 0 Å². The van der Waals surface area contributed by atoms with Crippen LogP contribution in [0.5, 0.6) is 5.75 Å². The normalized spacial score (nSPS) is 15.0. The average Bonchev–Trinajstić information content (AvgIpc) is 3.24. The van der Waals surface area contributed by atoms with Crippen molar-refractivity contribution in [3.05, 3.63) is 64.2 Å². The lowest BCUT2D eigenvalue weighted by Gasteiger charge is -2.28.